The van der Waals surface area contributed by atoms with Crippen molar-refractivity contribution in [2.75, 3.05) is 19.8 Å². The molecule has 1 aromatic carbocycles. The molecule has 6 nitrogen and oxygen atoms in total. The Kier molecular flexibility index (Phi) is 6.37. The summed E-state index contributed by atoms with van der Waals surface area (Å²) in [5, 5.41) is 2.99. The Labute approximate surface area is 159 Å². The summed E-state index contributed by atoms with van der Waals surface area (Å²) in [6, 6.07) is 5.60. The topological polar surface area (TPSA) is 73.9 Å². The summed E-state index contributed by atoms with van der Waals surface area (Å²) in [4.78, 5) is 23.9. The van der Waals surface area contributed by atoms with Gasteiger partial charge in [0.25, 0.3) is 5.91 Å². The first-order valence-electron chi connectivity index (χ1n) is 9.57. The lowest BCUT2D eigenvalue weighted by Crippen LogP contribution is -2.45. The number of nitrogens with one attached hydrogen (secondary N) is 1. The summed E-state index contributed by atoms with van der Waals surface area (Å²) in [6.45, 7) is 5.16. The van der Waals surface area contributed by atoms with Crippen LogP contribution < -0.4 is 14.8 Å². The van der Waals surface area contributed by atoms with Gasteiger partial charge in [0.1, 0.15) is 13.2 Å². The van der Waals surface area contributed by atoms with Crippen LogP contribution in [0.1, 0.15) is 38.7 Å². The van der Waals surface area contributed by atoms with Gasteiger partial charge in [-0.3, -0.25) is 4.79 Å². The van der Waals surface area contributed by atoms with E-state index in [2.05, 4.69) is 19.2 Å². The van der Waals surface area contributed by atoms with Crippen molar-refractivity contribution >= 4 is 18.0 Å². The first-order valence-corrected chi connectivity index (χ1v) is 9.57. The molecule has 1 aliphatic heterocycles. The average Bonchev–Trinajstić information content (AvgIpc) is 2.68. The quantitative estimate of drug-likeness (QED) is 0.634. The molecule has 3 rings (SSSR count). The molecule has 0 spiro atoms. The zero-order valence-corrected chi connectivity index (χ0v) is 15.9. The number of esters is 1. The smallest absolute Gasteiger partial charge is 0.331 e. The molecule has 2 aliphatic rings. The number of benzene rings is 1. The number of ether oxygens (including phenoxy) is 3. The van der Waals surface area contributed by atoms with Crippen LogP contribution in [-0.2, 0) is 14.3 Å². The molecule has 0 unspecified atom stereocenters. The third kappa shape index (κ3) is 5.25. The highest BCUT2D eigenvalue weighted by Gasteiger charge is 2.28. The van der Waals surface area contributed by atoms with Gasteiger partial charge in [0.2, 0.25) is 0 Å². The van der Waals surface area contributed by atoms with Gasteiger partial charge >= 0.3 is 5.97 Å². The Hall–Kier alpha value is -2.50. The molecule has 1 fully saturated rings. The van der Waals surface area contributed by atoms with E-state index in [-0.39, 0.29) is 18.6 Å². The van der Waals surface area contributed by atoms with Crippen molar-refractivity contribution in [1.82, 2.24) is 5.32 Å². The number of fused-ring (bicyclic) bond motifs is 1. The largest absolute Gasteiger partial charge is 0.486 e. The lowest BCUT2D eigenvalue weighted by atomic mass is 9.78. The molecule has 1 aliphatic carbocycles. The Bertz CT molecular complexity index is 715. The molecule has 0 aromatic heterocycles. The maximum absolute atomic E-state index is 12.1. The minimum Gasteiger partial charge on any atom is -0.486 e. The molecular formula is C21H27NO5. The molecule has 146 valence electrons. The van der Waals surface area contributed by atoms with Crippen molar-refractivity contribution in [3.05, 3.63) is 29.8 Å². The Morgan fingerprint density at radius 2 is 1.96 bits per heavy atom. The number of carbonyl (C=O) groups is 2. The second-order valence-corrected chi connectivity index (χ2v) is 7.29. The molecule has 1 N–H and O–H groups in total. The molecule has 0 saturated heterocycles. The highest BCUT2D eigenvalue weighted by molar-refractivity contribution is 5.89. The predicted octanol–water partition coefficient (Wildman–Crippen LogP) is 2.96. The summed E-state index contributed by atoms with van der Waals surface area (Å²) >= 11 is 0. The van der Waals surface area contributed by atoms with Crippen molar-refractivity contribution in [3.63, 3.8) is 0 Å². The standard InChI is InChI=1S/C21H27NO5/c1-14-4-3-5-17(15(14)2)22-20(23)13-27-21(24)9-7-16-6-8-18-19(12-16)26-11-10-25-18/h6-9,12,14-15,17H,3-5,10-11,13H2,1-2H3,(H,22,23)/b9-7+/t14-,15+,17+/m0/s1. The predicted molar refractivity (Wildman–Crippen MR) is 102 cm³/mol. The molecule has 3 atom stereocenters. The fourth-order valence-corrected chi connectivity index (χ4v) is 3.55. The van der Waals surface area contributed by atoms with Gasteiger partial charge in [0.15, 0.2) is 18.1 Å². The van der Waals surface area contributed by atoms with Crippen molar-refractivity contribution in [1.29, 1.82) is 0 Å². The molecule has 1 aromatic rings. The first kappa shape index (κ1) is 19.3. The highest BCUT2D eigenvalue weighted by atomic mass is 16.6. The summed E-state index contributed by atoms with van der Waals surface area (Å²) < 4.78 is 16.0. The summed E-state index contributed by atoms with van der Waals surface area (Å²) in [5.74, 6) is 1.59. The number of rotatable bonds is 5. The zero-order valence-electron chi connectivity index (χ0n) is 15.9. The fourth-order valence-electron chi connectivity index (χ4n) is 3.55. The van der Waals surface area contributed by atoms with Crippen LogP contribution >= 0.6 is 0 Å². The lowest BCUT2D eigenvalue weighted by Gasteiger charge is -2.34. The molecule has 0 radical (unpaired) electrons. The van der Waals surface area contributed by atoms with Crippen LogP contribution in [0.25, 0.3) is 6.08 Å². The third-order valence-electron chi connectivity index (χ3n) is 5.38. The van der Waals surface area contributed by atoms with Crippen molar-refractivity contribution in [2.45, 2.75) is 39.2 Å². The van der Waals surface area contributed by atoms with Crippen molar-refractivity contribution in [3.8, 4) is 11.5 Å². The molecule has 1 amide bonds. The Balaban J connectivity index is 1.45. The monoisotopic (exact) mass is 373 g/mol. The van der Waals surface area contributed by atoms with Crippen LogP contribution in [0.15, 0.2) is 24.3 Å². The average molecular weight is 373 g/mol. The van der Waals surface area contributed by atoms with Crippen LogP contribution in [0.5, 0.6) is 11.5 Å². The number of amides is 1. The Morgan fingerprint density at radius 3 is 2.78 bits per heavy atom. The van der Waals surface area contributed by atoms with E-state index in [1.54, 1.807) is 18.2 Å². The van der Waals surface area contributed by atoms with Gasteiger partial charge in [-0.15, -0.1) is 0 Å². The molecule has 1 heterocycles. The molecule has 27 heavy (non-hydrogen) atoms. The van der Waals surface area contributed by atoms with Crippen LogP contribution in [0.2, 0.25) is 0 Å². The summed E-state index contributed by atoms with van der Waals surface area (Å²) in [6.07, 6.45) is 6.24. The van der Waals surface area contributed by atoms with Crippen molar-refractivity contribution < 1.29 is 23.8 Å². The van der Waals surface area contributed by atoms with E-state index < -0.39 is 5.97 Å². The molecular weight excluding hydrogens is 346 g/mol. The minimum atomic E-state index is -0.551. The van der Waals surface area contributed by atoms with E-state index in [1.807, 2.05) is 6.07 Å². The van der Waals surface area contributed by atoms with Gasteiger partial charge in [-0.1, -0.05) is 32.8 Å². The van der Waals surface area contributed by atoms with Crippen LogP contribution in [0.3, 0.4) is 0 Å². The summed E-state index contributed by atoms with van der Waals surface area (Å²) in [7, 11) is 0. The molecule has 0 bridgehead atoms. The fraction of sp³-hybridized carbons (Fsp3) is 0.524. The number of hydrogen-bond donors (Lipinski definition) is 1. The Morgan fingerprint density at radius 1 is 1.19 bits per heavy atom. The third-order valence-corrected chi connectivity index (χ3v) is 5.38. The van der Waals surface area contributed by atoms with Crippen LogP contribution in [-0.4, -0.2) is 37.7 Å². The number of carbonyl (C=O) groups excluding carboxylic acids is 2. The van der Waals surface area contributed by atoms with Crippen molar-refractivity contribution in [2.24, 2.45) is 11.8 Å². The van der Waals surface area contributed by atoms with E-state index in [4.69, 9.17) is 14.2 Å². The first-order chi connectivity index (χ1) is 13.0. The second kappa shape index (κ2) is 8.93. The minimum absolute atomic E-state index is 0.160. The van der Waals surface area contributed by atoms with Crippen LogP contribution in [0, 0.1) is 11.8 Å². The highest BCUT2D eigenvalue weighted by Crippen LogP contribution is 2.31. The lowest BCUT2D eigenvalue weighted by molar-refractivity contribution is -0.144. The second-order valence-electron chi connectivity index (χ2n) is 7.29. The van der Waals surface area contributed by atoms with E-state index >= 15 is 0 Å². The van der Waals surface area contributed by atoms with E-state index in [1.165, 1.54) is 12.5 Å². The number of hydrogen-bond acceptors (Lipinski definition) is 5. The zero-order chi connectivity index (χ0) is 19.2. The van der Waals surface area contributed by atoms with Crippen LogP contribution in [0.4, 0.5) is 0 Å². The molecule has 6 heteroatoms. The maximum atomic E-state index is 12.1. The normalized spacial score (nSPS) is 24.4. The van der Waals surface area contributed by atoms with Gasteiger partial charge < -0.3 is 19.5 Å². The SMILES string of the molecule is C[C@@H]1[C@@H](C)CCC[C@H]1NC(=O)COC(=O)/C=C/c1ccc2c(c1)OCCO2. The molecule has 1 saturated carbocycles. The van der Waals surface area contributed by atoms with E-state index in [0.29, 0.717) is 36.5 Å². The summed E-state index contributed by atoms with van der Waals surface area (Å²) in [5.41, 5.74) is 0.797. The van der Waals surface area contributed by atoms with Gasteiger partial charge in [0.05, 0.1) is 0 Å². The maximum Gasteiger partial charge on any atom is 0.331 e. The van der Waals surface area contributed by atoms with E-state index in [9.17, 15) is 9.59 Å². The van der Waals surface area contributed by atoms with E-state index in [0.717, 1.165) is 18.4 Å². The van der Waals surface area contributed by atoms with Gasteiger partial charge in [-0.25, -0.2) is 4.79 Å². The van der Waals surface area contributed by atoms with Gasteiger partial charge in [0, 0.05) is 12.1 Å². The van der Waals surface area contributed by atoms with Gasteiger partial charge in [-0.2, -0.15) is 0 Å². The van der Waals surface area contributed by atoms with Gasteiger partial charge in [-0.05, 0) is 42.0 Å².